The Bertz CT molecular complexity index is 405. The number of carboxylic acid groups (broad SMARTS) is 1. The van der Waals surface area contributed by atoms with Gasteiger partial charge in [0.2, 0.25) is 0 Å². The van der Waals surface area contributed by atoms with E-state index in [4.69, 9.17) is 11.6 Å². The van der Waals surface area contributed by atoms with Crippen molar-refractivity contribution < 1.29 is 9.90 Å². The van der Waals surface area contributed by atoms with Crippen molar-refractivity contribution >= 4 is 17.6 Å². The second-order valence-electron chi connectivity index (χ2n) is 4.80. The molecule has 1 saturated heterocycles. The number of halogens is 1. The van der Waals surface area contributed by atoms with E-state index in [9.17, 15) is 9.90 Å². The van der Waals surface area contributed by atoms with E-state index >= 15 is 0 Å². The molecule has 0 radical (unpaired) electrons. The molecule has 0 bridgehead atoms. The van der Waals surface area contributed by atoms with Gasteiger partial charge in [0.15, 0.2) is 0 Å². The number of carboxylic acids is 1. The molecule has 18 heavy (non-hydrogen) atoms. The van der Waals surface area contributed by atoms with E-state index < -0.39 is 5.97 Å². The lowest BCUT2D eigenvalue weighted by Gasteiger charge is -2.26. The van der Waals surface area contributed by atoms with Crippen LogP contribution in [0.1, 0.15) is 31.2 Å². The van der Waals surface area contributed by atoms with E-state index in [0.717, 1.165) is 37.8 Å². The van der Waals surface area contributed by atoms with E-state index in [1.54, 1.807) is 0 Å². The minimum atomic E-state index is -0.703. The Hall–Kier alpha value is -1.06. The van der Waals surface area contributed by atoms with Crippen LogP contribution in [-0.2, 0) is 11.3 Å². The number of likely N-dealkylation sites (tertiary alicyclic amines) is 1. The minimum absolute atomic E-state index is 0.344. The van der Waals surface area contributed by atoms with Crippen LogP contribution in [0.2, 0.25) is 5.02 Å². The van der Waals surface area contributed by atoms with Gasteiger partial charge in [0.1, 0.15) is 6.04 Å². The maximum atomic E-state index is 11.3. The molecule has 1 aromatic rings. The molecular weight excluding hydrogens is 250 g/mol. The number of hydrogen-bond donors (Lipinski definition) is 1. The van der Waals surface area contributed by atoms with Crippen molar-refractivity contribution in [3.63, 3.8) is 0 Å². The molecule has 1 aliphatic heterocycles. The first kappa shape index (κ1) is 13.4. The zero-order valence-electron chi connectivity index (χ0n) is 10.3. The largest absolute Gasteiger partial charge is 0.480 e. The maximum Gasteiger partial charge on any atom is 0.320 e. The quantitative estimate of drug-likeness (QED) is 0.914. The predicted molar refractivity (Wildman–Crippen MR) is 71.8 cm³/mol. The fourth-order valence-electron chi connectivity index (χ4n) is 2.46. The van der Waals surface area contributed by atoms with Crippen LogP contribution in [0.4, 0.5) is 0 Å². The predicted octanol–water partition coefficient (Wildman–Crippen LogP) is 3.17. The van der Waals surface area contributed by atoms with Crippen molar-refractivity contribution in [3.05, 3.63) is 34.9 Å². The third-order valence-corrected chi connectivity index (χ3v) is 3.70. The van der Waals surface area contributed by atoms with Crippen molar-refractivity contribution in [2.24, 2.45) is 0 Å². The van der Waals surface area contributed by atoms with Crippen molar-refractivity contribution in [1.29, 1.82) is 0 Å². The molecule has 1 N–H and O–H groups in total. The molecule has 1 atom stereocenters. The number of hydrogen-bond acceptors (Lipinski definition) is 2. The first-order chi connectivity index (χ1) is 8.66. The summed E-state index contributed by atoms with van der Waals surface area (Å²) in [7, 11) is 0. The molecule has 1 fully saturated rings. The number of rotatable bonds is 3. The summed E-state index contributed by atoms with van der Waals surface area (Å²) in [6, 6.07) is 7.29. The van der Waals surface area contributed by atoms with Gasteiger partial charge in [-0.15, -0.1) is 0 Å². The third kappa shape index (κ3) is 3.47. The van der Waals surface area contributed by atoms with Gasteiger partial charge in [-0.1, -0.05) is 36.6 Å². The average Bonchev–Trinajstić information content (AvgIpc) is 2.57. The first-order valence-electron chi connectivity index (χ1n) is 6.38. The molecule has 4 heteroatoms. The Kier molecular flexibility index (Phi) is 4.61. The normalized spacial score (nSPS) is 21.5. The summed E-state index contributed by atoms with van der Waals surface area (Å²) >= 11 is 5.85. The molecule has 1 heterocycles. The highest BCUT2D eigenvalue weighted by atomic mass is 35.5. The van der Waals surface area contributed by atoms with Crippen LogP contribution in [-0.4, -0.2) is 28.6 Å². The Morgan fingerprint density at radius 1 is 1.28 bits per heavy atom. The summed E-state index contributed by atoms with van der Waals surface area (Å²) in [4.78, 5) is 13.4. The minimum Gasteiger partial charge on any atom is -0.480 e. The molecule has 1 aromatic carbocycles. The van der Waals surface area contributed by atoms with E-state index in [1.165, 1.54) is 0 Å². The maximum absolute atomic E-state index is 11.3. The van der Waals surface area contributed by atoms with Crippen molar-refractivity contribution in [2.75, 3.05) is 6.54 Å². The fourth-order valence-corrected chi connectivity index (χ4v) is 2.59. The monoisotopic (exact) mass is 267 g/mol. The summed E-state index contributed by atoms with van der Waals surface area (Å²) in [5.74, 6) is -0.703. The lowest BCUT2D eigenvalue weighted by molar-refractivity contribution is -0.143. The second kappa shape index (κ2) is 6.21. The van der Waals surface area contributed by atoms with Gasteiger partial charge in [-0.3, -0.25) is 9.69 Å². The number of nitrogens with zero attached hydrogens (tertiary/aromatic N) is 1. The van der Waals surface area contributed by atoms with Crippen molar-refractivity contribution in [1.82, 2.24) is 4.90 Å². The van der Waals surface area contributed by atoms with E-state index in [1.807, 2.05) is 24.3 Å². The SMILES string of the molecule is O=C(O)C1CCCCCN1Cc1ccc(Cl)cc1. The highest BCUT2D eigenvalue weighted by molar-refractivity contribution is 6.30. The zero-order chi connectivity index (χ0) is 13.0. The van der Waals surface area contributed by atoms with Crippen molar-refractivity contribution in [2.45, 2.75) is 38.3 Å². The number of benzene rings is 1. The van der Waals surface area contributed by atoms with Crippen LogP contribution >= 0.6 is 11.6 Å². The van der Waals surface area contributed by atoms with Crippen LogP contribution in [0.5, 0.6) is 0 Å². The lowest BCUT2D eigenvalue weighted by Crippen LogP contribution is -2.40. The zero-order valence-corrected chi connectivity index (χ0v) is 11.1. The van der Waals surface area contributed by atoms with Gasteiger partial charge in [-0.25, -0.2) is 0 Å². The Morgan fingerprint density at radius 2 is 2.00 bits per heavy atom. The Balaban J connectivity index is 2.08. The molecule has 0 aromatic heterocycles. The van der Waals surface area contributed by atoms with Crippen LogP contribution in [0, 0.1) is 0 Å². The molecule has 1 aliphatic rings. The van der Waals surface area contributed by atoms with Gasteiger partial charge in [-0.2, -0.15) is 0 Å². The third-order valence-electron chi connectivity index (χ3n) is 3.45. The van der Waals surface area contributed by atoms with Crippen LogP contribution in [0.3, 0.4) is 0 Å². The highest BCUT2D eigenvalue weighted by Crippen LogP contribution is 2.20. The standard InChI is InChI=1S/C14H18ClNO2/c15-12-7-5-11(6-8-12)10-16-9-3-1-2-4-13(16)14(17)18/h5-8,13H,1-4,9-10H2,(H,17,18). The summed E-state index contributed by atoms with van der Waals surface area (Å²) in [6.45, 7) is 1.55. The molecular formula is C14H18ClNO2. The molecule has 98 valence electrons. The molecule has 2 rings (SSSR count). The lowest BCUT2D eigenvalue weighted by atomic mass is 10.1. The van der Waals surface area contributed by atoms with Crippen LogP contribution in [0.25, 0.3) is 0 Å². The number of carbonyl (C=O) groups is 1. The van der Waals surface area contributed by atoms with Gasteiger partial charge >= 0.3 is 5.97 Å². The van der Waals surface area contributed by atoms with Gasteiger partial charge < -0.3 is 5.11 Å². The van der Waals surface area contributed by atoms with Crippen LogP contribution in [0.15, 0.2) is 24.3 Å². The molecule has 0 aliphatic carbocycles. The average molecular weight is 268 g/mol. The topological polar surface area (TPSA) is 40.5 Å². The Morgan fingerprint density at radius 3 is 2.67 bits per heavy atom. The van der Waals surface area contributed by atoms with E-state index in [-0.39, 0.29) is 6.04 Å². The van der Waals surface area contributed by atoms with Gasteiger partial charge in [0.25, 0.3) is 0 Å². The summed E-state index contributed by atoms with van der Waals surface area (Å²) < 4.78 is 0. The van der Waals surface area contributed by atoms with E-state index in [2.05, 4.69) is 4.90 Å². The molecule has 0 spiro atoms. The fraction of sp³-hybridized carbons (Fsp3) is 0.500. The van der Waals surface area contributed by atoms with Gasteiger partial charge in [-0.05, 0) is 37.1 Å². The van der Waals surface area contributed by atoms with Gasteiger partial charge in [0.05, 0.1) is 0 Å². The highest BCUT2D eigenvalue weighted by Gasteiger charge is 2.26. The smallest absolute Gasteiger partial charge is 0.320 e. The second-order valence-corrected chi connectivity index (χ2v) is 5.24. The van der Waals surface area contributed by atoms with Crippen molar-refractivity contribution in [3.8, 4) is 0 Å². The van der Waals surface area contributed by atoms with Crippen LogP contribution < -0.4 is 0 Å². The summed E-state index contributed by atoms with van der Waals surface area (Å²) in [6.07, 6.45) is 3.97. The summed E-state index contributed by atoms with van der Waals surface area (Å²) in [5, 5.41) is 10.0. The molecule has 1 unspecified atom stereocenters. The summed E-state index contributed by atoms with van der Waals surface area (Å²) in [5.41, 5.74) is 1.12. The first-order valence-corrected chi connectivity index (χ1v) is 6.76. The number of aliphatic carboxylic acids is 1. The molecule has 3 nitrogen and oxygen atoms in total. The van der Waals surface area contributed by atoms with Gasteiger partial charge in [0, 0.05) is 11.6 Å². The molecule has 0 amide bonds. The van der Waals surface area contributed by atoms with E-state index in [0.29, 0.717) is 11.6 Å². The Labute approximate surface area is 112 Å². The molecule has 0 saturated carbocycles.